The molecule has 1 fully saturated rings. The van der Waals surface area contributed by atoms with Gasteiger partial charge < -0.3 is 14.6 Å². The lowest BCUT2D eigenvalue weighted by atomic mass is 9.98. The number of hydrogen-bond donors (Lipinski definition) is 1. The molecule has 0 saturated carbocycles. The molecule has 5 heteroatoms. The maximum Gasteiger partial charge on any atom is 0.227 e. The number of methoxy groups -OCH3 is 1. The second-order valence-corrected chi connectivity index (χ2v) is 6.16. The van der Waals surface area contributed by atoms with Crippen molar-refractivity contribution in [1.29, 1.82) is 0 Å². The van der Waals surface area contributed by atoms with E-state index < -0.39 is 0 Å². The Kier molecular flexibility index (Phi) is 3.69. The number of hydrogen-bond acceptors (Lipinski definition) is 3. The molecule has 1 aliphatic heterocycles. The van der Waals surface area contributed by atoms with Crippen LogP contribution in [-0.2, 0) is 11.2 Å². The van der Waals surface area contributed by atoms with Gasteiger partial charge in [-0.3, -0.25) is 4.79 Å². The third-order valence-corrected chi connectivity index (χ3v) is 4.52. The van der Waals surface area contributed by atoms with Gasteiger partial charge in [0.05, 0.1) is 30.5 Å². The fourth-order valence-corrected chi connectivity index (χ4v) is 3.09. The molecule has 0 radical (unpaired) electrons. The third-order valence-electron chi connectivity index (χ3n) is 4.52. The van der Waals surface area contributed by atoms with E-state index in [9.17, 15) is 4.79 Å². The zero-order valence-electron chi connectivity index (χ0n) is 13.5. The number of aromatic nitrogens is 2. The first-order valence-electron chi connectivity index (χ1n) is 8.08. The number of nitrogens with one attached hydrogen (secondary N) is 1. The molecule has 0 aliphatic carbocycles. The first-order chi connectivity index (χ1) is 11.7. The molecule has 3 aromatic rings. The molecule has 0 unspecified atom stereocenters. The molecule has 24 heavy (non-hydrogen) atoms. The molecule has 1 aliphatic rings. The summed E-state index contributed by atoms with van der Waals surface area (Å²) in [6.45, 7) is 1.45. The summed E-state index contributed by atoms with van der Waals surface area (Å²) in [7, 11) is 1.63. The molecule has 1 saturated heterocycles. The SMILES string of the molecule is COc1cccc(CC(=O)N2CC(c3nc4ccccc4[nH]3)C2)c1. The van der Waals surface area contributed by atoms with Crippen molar-refractivity contribution in [2.45, 2.75) is 12.3 Å². The highest BCUT2D eigenvalue weighted by molar-refractivity contribution is 5.80. The van der Waals surface area contributed by atoms with Gasteiger partial charge in [0.1, 0.15) is 11.6 Å². The second-order valence-electron chi connectivity index (χ2n) is 6.16. The zero-order chi connectivity index (χ0) is 16.5. The molecule has 5 nitrogen and oxygen atoms in total. The number of likely N-dealkylation sites (tertiary alicyclic amines) is 1. The maximum atomic E-state index is 12.4. The maximum absolute atomic E-state index is 12.4. The normalized spacial score (nSPS) is 14.6. The minimum atomic E-state index is 0.149. The molecule has 1 N–H and O–H groups in total. The van der Waals surface area contributed by atoms with E-state index in [1.165, 1.54) is 0 Å². The number of benzene rings is 2. The Balaban J connectivity index is 1.38. The molecule has 0 atom stereocenters. The van der Waals surface area contributed by atoms with Gasteiger partial charge in [-0.25, -0.2) is 4.98 Å². The third kappa shape index (κ3) is 2.73. The molecule has 2 heterocycles. The number of aromatic amines is 1. The van der Waals surface area contributed by atoms with E-state index in [1.54, 1.807) is 7.11 Å². The van der Waals surface area contributed by atoms with Gasteiger partial charge >= 0.3 is 0 Å². The van der Waals surface area contributed by atoms with Gasteiger partial charge in [0, 0.05) is 13.1 Å². The van der Waals surface area contributed by atoms with Crippen molar-refractivity contribution < 1.29 is 9.53 Å². The van der Waals surface area contributed by atoms with E-state index in [0.29, 0.717) is 12.3 Å². The number of carbonyl (C=O) groups is 1. The summed E-state index contributed by atoms with van der Waals surface area (Å²) in [4.78, 5) is 22.3. The number of fused-ring (bicyclic) bond motifs is 1. The van der Waals surface area contributed by atoms with E-state index in [2.05, 4.69) is 9.97 Å². The fraction of sp³-hybridized carbons (Fsp3) is 0.263. The van der Waals surface area contributed by atoms with Crippen LogP contribution in [-0.4, -0.2) is 41.0 Å². The van der Waals surface area contributed by atoms with Crippen LogP contribution in [0.25, 0.3) is 11.0 Å². The van der Waals surface area contributed by atoms with Crippen LogP contribution in [0.3, 0.4) is 0 Å². The molecule has 0 bridgehead atoms. The number of nitrogens with zero attached hydrogens (tertiary/aromatic N) is 2. The minimum Gasteiger partial charge on any atom is -0.497 e. The van der Waals surface area contributed by atoms with E-state index >= 15 is 0 Å². The van der Waals surface area contributed by atoms with Crippen LogP contribution in [0.15, 0.2) is 48.5 Å². The lowest BCUT2D eigenvalue weighted by Gasteiger charge is -2.38. The smallest absolute Gasteiger partial charge is 0.227 e. The number of imidazole rings is 1. The highest BCUT2D eigenvalue weighted by Crippen LogP contribution is 2.27. The van der Waals surface area contributed by atoms with Crippen LogP contribution < -0.4 is 4.74 Å². The minimum absolute atomic E-state index is 0.149. The second kappa shape index (κ2) is 6.00. The average molecular weight is 321 g/mol. The van der Waals surface area contributed by atoms with Crippen molar-refractivity contribution >= 4 is 16.9 Å². The summed E-state index contributed by atoms with van der Waals surface area (Å²) in [6, 6.07) is 15.7. The highest BCUT2D eigenvalue weighted by atomic mass is 16.5. The zero-order valence-corrected chi connectivity index (χ0v) is 13.5. The molecular weight excluding hydrogens is 302 g/mol. The predicted molar refractivity (Wildman–Crippen MR) is 92.1 cm³/mol. The van der Waals surface area contributed by atoms with Crippen LogP contribution in [0.1, 0.15) is 17.3 Å². The van der Waals surface area contributed by atoms with Gasteiger partial charge in [0.25, 0.3) is 0 Å². The first kappa shape index (κ1) is 14.8. The lowest BCUT2D eigenvalue weighted by molar-refractivity contribution is -0.134. The number of carbonyl (C=O) groups excluding carboxylic acids is 1. The van der Waals surface area contributed by atoms with Gasteiger partial charge in [-0.05, 0) is 29.8 Å². The Bertz CT molecular complexity index is 848. The number of amides is 1. The topological polar surface area (TPSA) is 58.2 Å². The summed E-state index contributed by atoms with van der Waals surface area (Å²) in [5, 5.41) is 0. The molecule has 1 amide bonds. The Morgan fingerprint density at radius 2 is 2.08 bits per heavy atom. The van der Waals surface area contributed by atoms with Crippen molar-refractivity contribution in [2.75, 3.05) is 20.2 Å². The van der Waals surface area contributed by atoms with Crippen LogP contribution in [0.2, 0.25) is 0 Å². The Labute approximate surface area is 140 Å². The van der Waals surface area contributed by atoms with Crippen LogP contribution in [0.5, 0.6) is 5.75 Å². The number of ether oxygens (including phenoxy) is 1. The number of H-pyrrole nitrogens is 1. The molecule has 2 aromatic carbocycles. The van der Waals surface area contributed by atoms with Crippen molar-refractivity contribution in [3.8, 4) is 5.75 Å². The summed E-state index contributed by atoms with van der Waals surface area (Å²) in [6.07, 6.45) is 0.407. The quantitative estimate of drug-likeness (QED) is 0.804. The monoisotopic (exact) mass is 321 g/mol. The number of para-hydroxylation sites is 2. The van der Waals surface area contributed by atoms with Gasteiger partial charge in [-0.2, -0.15) is 0 Å². The average Bonchev–Trinajstić information content (AvgIpc) is 2.97. The van der Waals surface area contributed by atoms with E-state index in [4.69, 9.17) is 4.74 Å². The predicted octanol–water partition coefficient (Wildman–Crippen LogP) is 2.74. The largest absolute Gasteiger partial charge is 0.497 e. The van der Waals surface area contributed by atoms with Crippen molar-refractivity contribution in [3.63, 3.8) is 0 Å². The van der Waals surface area contributed by atoms with E-state index in [-0.39, 0.29) is 5.91 Å². The molecule has 1 aromatic heterocycles. The summed E-state index contributed by atoms with van der Waals surface area (Å²) < 4.78 is 5.20. The van der Waals surface area contributed by atoms with E-state index in [0.717, 1.165) is 41.3 Å². The Morgan fingerprint density at radius 1 is 1.25 bits per heavy atom. The summed E-state index contributed by atoms with van der Waals surface area (Å²) >= 11 is 0. The molecule has 122 valence electrons. The number of rotatable bonds is 4. The molecule has 4 rings (SSSR count). The van der Waals surface area contributed by atoms with Crippen LogP contribution in [0, 0.1) is 0 Å². The summed E-state index contributed by atoms with van der Waals surface area (Å²) in [5.74, 6) is 2.20. The molecule has 0 spiro atoms. The van der Waals surface area contributed by atoms with Crippen molar-refractivity contribution in [3.05, 3.63) is 59.9 Å². The summed E-state index contributed by atoms with van der Waals surface area (Å²) in [5.41, 5.74) is 3.01. The fourth-order valence-electron chi connectivity index (χ4n) is 3.09. The Morgan fingerprint density at radius 3 is 2.88 bits per heavy atom. The van der Waals surface area contributed by atoms with Crippen molar-refractivity contribution in [2.24, 2.45) is 0 Å². The van der Waals surface area contributed by atoms with Crippen molar-refractivity contribution in [1.82, 2.24) is 14.9 Å². The van der Waals surface area contributed by atoms with Gasteiger partial charge in [0.2, 0.25) is 5.91 Å². The van der Waals surface area contributed by atoms with Gasteiger partial charge in [-0.15, -0.1) is 0 Å². The molecular formula is C19H19N3O2. The van der Waals surface area contributed by atoms with Gasteiger partial charge in [-0.1, -0.05) is 24.3 Å². The standard InChI is InChI=1S/C19H19N3O2/c1-24-15-6-4-5-13(9-15)10-18(23)22-11-14(12-22)19-20-16-7-2-3-8-17(16)21-19/h2-9,14H,10-12H2,1H3,(H,20,21). The first-order valence-corrected chi connectivity index (χ1v) is 8.08. The van der Waals surface area contributed by atoms with Crippen LogP contribution in [0.4, 0.5) is 0 Å². The lowest BCUT2D eigenvalue weighted by Crippen LogP contribution is -2.49. The van der Waals surface area contributed by atoms with E-state index in [1.807, 2.05) is 53.4 Å². The Hall–Kier alpha value is -2.82. The highest BCUT2D eigenvalue weighted by Gasteiger charge is 2.33. The van der Waals surface area contributed by atoms with Gasteiger partial charge in [0.15, 0.2) is 0 Å². The van der Waals surface area contributed by atoms with Crippen LogP contribution >= 0.6 is 0 Å².